The van der Waals surface area contributed by atoms with Crippen LogP contribution in [0.3, 0.4) is 0 Å². The third-order valence-electron chi connectivity index (χ3n) is 3.30. The van der Waals surface area contributed by atoms with Crippen molar-refractivity contribution in [1.29, 1.82) is 0 Å². The molecule has 0 radical (unpaired) electrons. The third kappa shape index (κ3) is 3.97. The zero-order valence-corrected chi connectivity index (χ0v) is 11.9. The zero-order valence-electron chi connectivity index (χ0n) is 11.9. The van der Waals surface area contributed by atoms with Crippen LogP contribution in [0.4, 0.5) is 0 Å². The summed E-state index contributed by atoms with van der Waals surface area (Å²) < 4.78 is 5.90. The SMILES string of the molecule is CCCNC(Cc1ccccc1)c1ccc(CC)o1. The molecule has 1 aromatic carbocycles. The number of hydrogen-bond donors (Lipinski definition) is 1. The van der Waals surface area contributed by atoms with E-state index in [1.165, 1.54) is 5.56 Å². The van der Waals surface area contributed by atoms with E-state index >= 15 is 0 Å². The first-order chi connectivity index (χ1) is 9.33. The van der Waals surface area contributed by atoms with E-state index < -0.39 is 0 Å². The Morgan fingerprint density at radius 1 is 1.05 bits per heavy atom. The van der Waals surface area contributed by atoms with Crippen LogP contribution < -0.4 is 5.32 Å². The number of aryl methyl sites for hydroxylation is 1. The van der Waals surface area contributed by atoms with Crippen LogP contribution in [-0.2, 0) is 12.8 Å². The van der Waals surface area contributed by atoms with E-state index in [9.17, 15) is 0 Å². The highest BCUT2D eigenvalue weighted by Crippen LogP contribution is 2.21. The van der Waals surface area contributed by atoms with Gasteiger partial charge >= 0.3 is 0 Å². The van der Waals surface area contributed by atoms with Gasteiger partial charge in [-0.15, -0.1) is 0 Å². The smallest absolute Gasteiger partial charge is 0.121 e. The van der Waals surface area contributed by atoms with Gasteiger partial charge in [-0.1, -0.05) is 44.2 Å². The third-order valence-corrected chi connectivity index (χ3v) is 3.30. The first-order valence-corrected chi connectivity index (χ1v) is 7.19. The molecule has 0 saturated heterocycles. The molecule has 1 aromatic heterocycles. The maximum atomic E-state index is 5.90. The lowest BCUT2D eigenvalue weighted by molar-refractivity contribution is 0.392. The van der Waals surface area contributed by atoms with Gasteiger partial charge in [0.05, 0.1) is 6.04 Å². The summed E-state index contributed by atoms with van der Waals surface area (Å²) in [5.41, 5.74) is 1.34. The van der Waals surface area contributed by atoms with Gasteiger partial charge in [0.2, 0.25) is 0 Å². The van der Waals surface area contributed by atoms with Gasteiger partial charge in [0, 0.05) is 6.42 Å². The maximum Gasteiger partial charge on any atom is 0.121 e. The van der Waals surface area contributed by atoms with Crippen molar-refractivity contribution in [2.75, 3.05) is 6.54 Å². The van der Waals surface area contributed by atoms with Crippen molar-refractivity contribution >= 4 is 0 Å². The normalized spacial score (nSPS) is 12.5. The van der Waals surface area contributed by atoms with E-state index in [0.717, 1.165) is 37.3 Å². The van der Waals surface area contributed by atoms with Crippen LogP contribution in [-0.4, -0.2) is 6.54 Å². The molecule has 2 heteroatoms. The number of furan rings is 1. The second-order valence-corrected chi connectivity index (χ2v) is 4.85. The number of nitrogens with one attached hydrogen (secondary N) is 1. The van der Waals surface area contributed by atoms with Gasteiger partial charge in [-0.3, -0.25) is 0 Å². The van der Waals surface area contributed by atoms with Crippen LogP contribution in [0.15, 0.2) is 46.9 Å². The molecule has 0 spiro atoms. The summed E-state index contributed by atoms with van der Waals surface area (Å²) >= 11 is 0. The van der Waals surface area contributed by atoms with Crippen molar-refractivity contribution in [2.24, 2.45) is 0 Å². The molecule has 2 rings (SSSR count). The molecule has 19 heavy (non-hydrogen) atoms. The molecule has 0 aliphatic heterocycles. The summed E-state index contributed by atoms with van der Waals surface area (Å²) in [7, 11) is 0. The van der Waals surface area contributed by atoms with Crippen LogP contribution >= 0.6 is 0 Å². The van der Waals surface area contributed by atoms with Crippen molar-refractivity contribution in [3.63, 3.8) is 0 Å². The highest BCUT2D eigenvalue weighted by atomic mass is 16.3. The Labute approximate surface area is 115 Å². The van der Waals surface area contributed by atoms with Gasteiger partial charge in [0.15, 0.2) is 0 Å². The van der Waals surface area contributed by atoms with Crippen molar-refractivity contribution in [1.82, 2.24) is 5.32 Å². The van der Waals surface area contributed by atoms with Crippen LogP contribution in [0.5, 0.6) is 0 Å². The predicted octanol–water partition coefficient (Wildman–Crippen LogP) is 4.13. The maximum absolute atomic E-state index is 5.90. The van der Waals surface area contributed by atoms with E-state index in [1.807, 2.05) is 0 Å². The van der Waals surface area contributed by atoms with E-state index in [-0.39, 0.29) is 6.04 Å². The quantitative estimate of drug-likeness (QED) is 0.807. The molecule has 1 heterocycles. The molecule has 102 valence electrons. The van der Waals surface area contributed by atoms with Crippen molar-refractivity contribution < 1.29 is 4.42 Å². The topological polar surface area (TPSA) is 25.2 Å². The van der Waals surface area contributed by atoms with Gasteiger partial charge in [-0.05, 0) is 37.1 Å². The van der Waals surface area contributed by atoms with E-state index in [1.54, 1.807) is 0 Å². The monoisotopic (exact) mass is 257 g/mol. The Hall–Kier alpha value is -1.54. The molecule has 1 N–H and O–H groups in total. The molecule has 0 aliphatic rings. The fraction of sp³-hybridized carbons (Fsp3) is 0.412. The minimum absolute atomic E-state index is 0.266. The molecule has 0 fully saturated rings. The average molecular weight is 257 g/mol. The van der Waals surface area contributed by atoms with Crippen LogP contribution in [0.2, 0.25) is 0 Å². The van der Waals surface area contributed by atoms with Gasteiger partial charge in [-0.2, -0.15) is 0 Å². The molecule has 2 nitrogen and oxygen atoms in total. The van der Waals surface area contributed by atoms with Gasteiger partial charge in [0.25, 0.3) is 0 Å². The Balaban J connectivity index is 2.11. The largest absolute Gasteiger partial charge is 0.464 e. The second kappa shape index (κ2) is 7.15. The minimum Gasteiger partial charge on any atom is -0.464 e. The number of benzene rings is 1. The molecule has 1 atom stereocenters. The summed E-state index contributed by atoms with van der Waals surface area (Å²) in [5.74, 6) is 2.11. The summed E-state index contributed by atoms with van der Waals surface area (Å²) in [6, 6.07) is 15.0. The van der Waals surface area contributed by atoms with Crippen LogP contribution in [0, 0.1) is 0 Å². The number of rotatable bonds is 7. The fourth-order valence-corrected chi connectivity index (χ4v) is 2.21. The van der Waals surface area contributed by atoms with Gasteiger partial charge < -0.3 is 9.73 Å². The van der Waals surface area contributed by atoms with E-state index in [0.29, 0.717) is 0 Å². The highest BCUT2D eigenvalue weighted by Gasteiger charge is 2.15. The Morgan fingerprint density at radius 2 is 1.84 bits per heavy atom. The minimum atomic E-state index is 0.266. The average Bonchev–Trinajstić information content (AvgIpc) is 2.93. The molecule has 1 unspecified atom stereocenters. The van der Waals surface area contributed by atoms with Crippen LogP contribution in [0.1, 0.15) is 43.4 Å². The summed E-state index contributed by atoms with van der Waals surface area (Å²) in [5, 5.41) is 3.58. The second-order valence-electron chi connectivity index (χ2n) is 4.85. The molecule has 0 bridgehead atoms. The lowest BCUT2D eigenvalue weighted by Crippen LogP contribution is -2.23. The first kappa shape index (κ1) is 13.9. The summed E-state index contributed by atoms with van der Waals surface area (Å²) in [6.07, 6.45) is 3.05. The van der Waals surface area contributed by atoms with Crippen LogP contribution in [0.25, 0.3) is 0 Å². The molecule has 2 aromatic rings. The van der Waals surface area contributed by atoms with E-state index in [4.69, 9.17) is 4.42 Å². The Bertz CT molecular complexity index is 475. The number of hydrogen-bond acceptors (Lipinski definition) is 2. The van der Waals surface area contributed by atoms with Gasteiger partial charge in [0.1, 0.15) is 11.5 Å². The summed E-state index contributed by atoms with van der Waals surface area (Å²) in [4.78, 5) is 0. The standard InChI is InChI=1S/C17H23NO/c1-3-12-18-16(13-14-8-6-5-7-9-14)17-11-10-15(4-2)19-17/h5-11,16,18H,3-4,12-13H2,1-2H3. The first-order valence-electron chi connectivity index (χ1n) is 7.19. The van der Waals surface area contributed by atoms with Gasteiger partial charge in [-0.25, -0.2) is 0 Å². The Kier molecular flexibility index (Phi) is 5.22. The van der Waals surface area contributed by atoms with E-state index in [2.05, 4.69) is 61.6 Å². The zero-order chi connectivity index (χ0) is 13.5. The molecule has 0 amide bonds. The van der Waals surface area contributed by atoms with Crippen molar-refractivity contribution in [3.05, 3.63) is 59.5 Å². The highest BCUT2D eigenvalue weighted by molar-refractivity contribution is 5.19. The Morgan fingerprint density at radius 3 is 2.47 bits per heavy atom. The molecular weight excluding hydrogens is 234 g/mol. The fourth-order valence-electron chi connectivity index (χ4n) is 2.21. The molecule has 0 saturated carbocycles. The molecular formula is C17H23NO. The lowest BCUT2D eigenvalue weighted by atomic mass is 10.0. The summed E-state index contributed by atoms with van der Waals surface area (Å²) in [6.45, 7) is 5.32. The molecule has 0 aliphatic carbocycles. The van der Waals surface area contributed by atoms with Crippen molar-refractivity contribution in [2.45, 2.75) is 39.2 Å². The predicted molar refractivity (Wildman–Crippen MR) is 79.3 cm³/mol. The van der Waals surface area contributed by atoms with Crippen molar-refractivity contribution in [3.8, 4) is 0 Å². The lowest BCUT2D eigenvalue weighted by Gasteiger charge is -2.16.